The van der Waals surface area contributed by atoms with Gasteiger partial charge >= 0.3 is 0 Å². The molecule has 0 bridgehead atoms. The average Bonchev–Trinajstić information content (AvgIpc) is 2.24. The standard InChI is InChI=1S/C15H23N/c1-12-4-6-13(7-5-12)16-14-8-10-15(2,3)11-9-14/h4-7,14,16H,8-11H2,1-3H3. The molecule has 0 aliphatic heterocycles. The van der Waals surface area contributed by atoms with Gasteiger partial charge in [-0.05, 0) is 50.2 Å². The molecule has 1 aromatic rings. The number of nitrogens with one attached hydrogen (secondary N) is 1. The van der Waals surface area contributed by atoms with E-state index in [2.05, 4.69) is 50.4 Å². The van der Waals surface area contributed by atoms with Crippen LogP contribution in [0.25, 0.3) is 0 Å². The molecule has 1 N–H and O–H groups in total. The van der Waals surface area contributed by atoms with Gasteiger partial charge in [-0.25, -0.2) is 0 Å². The second-order valence-electron chi connectivity index (χ2n) is 5.95. The summed E-state index contributed by atoms with van der Waals surface area (Å²) in [5.74, 6) is 0. The maximum absolute atomic E-state index is 3.65. The first-order valence-electron chi connectivity index (χ1n) is 6.38. The molecule has 1 nitrogen and oxygen atoms in total. The smallest absolute Gasteiger partial charge is 0.0342 e. The monoisotopic (exact) mass is 217 g/mol. The van der Waals surface area contributed by atoms with E-state index < -0.39 is 0 Å². The van der Waals surface area contributed by atoms with Crippen molar-refractivity contribution in [3.8, 4) is 0 Å². The van der Waals surface area contributed by atoms with E-state index in [1.807, 2.05) is 0 Å². The molecule has 0 heterocycles. The van der Waals surface area contributed by atoms with Crippen molar-refractivity contribution >= 4 is 5.69 Å². The van der Waals surface area contributed by atoms with E-state index in [-0.39, 0.29) is 0 Å². The largest absolute Gasteiger partial charge is 0.382 e. The van der Waals surface area contributed by atoms with Gasteiger partial charge in [-0.3, -0.25) is 0 Å². The summed E-state index contributed by atoms with van der Waals surface area (Å²) >= 11 is 0. The fourth-order valence-corrected chi connectivity index (χ4v) is 2.43. The van der Waals surface area contributed by atoms with Crippen molar-refractivity contribution in [3.05, 3.63) is 29.8 Å². The maximum atomic E-state index is 3.65. The third kappa shape index (κ3) is 3.01. The first kappa shape index (κ1) is 11.5. The summed E-state index contributed by atoms with van der Waals surface area (Å²) in [6.45, 7) is 6.90. The van der Waals surface area contributed by atoms with Gasteiger partial charge in [-0.15, -0.1) is 0 Å². The zero-order valence-electron chi connectivity index (χ0n) is 10.7. The van der Waals surface area contributed by atoms with Gasteiger partial charge in [-0.1, -0.05) is 31.5 Å². The molecular formula is C15H23N. The van der Waals surface area contributed by atoms with E-state index in [0.29, 0.717) is 11.5 Å². The van der Waals surface area contributed by atoms with Crippen LogP contribution in [0.1, 0.15) is 45.1 Å². The molecule has 1 aliphatic rings. The summed E-state index contributed by atoms with van der Waals surface area (Å²) < 4.78 is 0. The number of rotatable bonds is 2. The van der Waals surface area contributed by atoms with Crippen LogP contribution in [0.4, 0.5) is 5.69 Å². The summed E-state index contributed by atoms with van der Waals surface area (Å²) in [6.07, 6.45) is 5.30. The van der Waals surface area contributed by atoms with Crippen LogP contribution in [0.2, 0.25) is 0 Å². The average molecular weight is 217 g/mol. The van der Waals surface area contributed by atoms with E-state index in [1.165, 1.54) is 36.9 Å². The molecule has 0 saturated heterocycles. The van der Waals surface area contributed by atoms with Crippen molar-refractivity contribution in [1.82, 2.24) is 0 Å². The van der Waals surface area contributed by atoms with E-state index in [9.17, 15) is 0 Å². The van der Waals surface area contributed by atoms with Gasteiger partial charge in [0.2, 0.25) is 0 Å². The van der Waals surface area contributed by atoms with E-state index in [1.54, 1.807) is 0 Å². The summed E-state index contributed by atoms with van der Waals surface area (Å²) in [7, 11) is 0. The van der Waals surface area contributed by atoms with Crippen LogP contribution in [-0.4, -0.2) is 6.04 Å². The van der Waals surface area contributed by atoms with E-state index >= 15 is 0 Å². The number of anilines is 1. The molecule has 0 atom stereocenters. The fourth-order valence-electron chi connectivity index (χ4n) is 2.43. The Kier molecular flexibility index (Phi) is 3.22. The Balaban J connectivity index is 1.89. The predicted octanol–water partition coefficient (Wildman–Crippen LogP) is 4.38. The second kappa shape index (κ2) is 4.48. The predicted molar refractivity (Wildman–Crippen MR) is 70.8 cm³/mol. The van der Waals surface area contributed by atoms with Crippen molar-refractivity contribution in [1.29, 1.82) is 0 Å². The van der Waals surface area contributed by atoms with Crippen LogP contribution >= 0.6 is 0 Å². The first-order valence-corrected chi connectivity index (χ1v) is 6.38. The Hall–Kier alpha value is -0.980. The molecule has 16 heavy (non-hydrogen) atoms. The lowest BCUT2D eigenvalue weighted by molar-refractivity contribution is 0.232. The molecule has 1 aromatic carbocycles. The van der Waals surface area contributed by atoms with Crippen molar-refractivity contribution in [2.75, 3.05) is 5.32 Å². The van der Waals surface area contributed by atoms with Gasteiger partial charge in [0.05, 0.1) is 0 Å². The summed E-state index contributed by atoms with van der Waals surface area (Å²) in [4.78, 5) is 0. The molecule has 1 saturated carbocycles. The minimum absolute atomic E-state index is 0.561. The minimum Gasteiger partial charge on any atom is -0.382 e. The van der Waals surface area contributed by atoms with Crippen LogP contribution in [-0.2, 0) is 0 Å². The Morgan fingerprint density at radius 3 is 2.19 bits per heavy atom. The van der Waals surface area contributed by atoms with Gasteiger partial charge in [0.15, 0.2) is 0 Å². The third-order valence-electron chi connectivity index (χ3n) is 3.76. The molecule has 0 radical (unpaired) electrons. The third-order valence-corrected chi connectivity index (χ3v) is 3.76. The second-order valence-corrected chi connectivity index (χ2v) is 5.95. The van der Waals surface area contributed by atoms with Gasteiger partial charge < -0.3 is 5.32 Å². The highest BCUT2D eigenvalue weighted by Gasteiger charge is 2.26. The highest BCUT2D eigenvalue weighted by atomic mass is 14.9. The normalized spacial score (nSPS) is 20.7. The molecule has 0 amide bonds. The zero-order chi connectivity index (χ0) is 11.6. The summed E-state index contributed by atoms with van der Waals surface area (Å²) in [6, 6.07) is 9.41. The minimum atomic E-state index is 0.561. The molecule has 88 valence electrons. The summed E-state index contributed by atoms with van der Waals surface area (Å²) in [5, 5.41) is 3.65. The highest BCUT2D eigenvalue weighted by Crippen LogP contribution is 2.36. The number of hydrogen-bond donors (Lipinski definition) is 1. The van der Waals surface area contributed by atoms with Crippen LogP contribution in [0, 0.1) is 12.3 Å². The molecule has 0 spiro atoms. The Morgan fingerprint density at radius 2 is 1.62 bits per heavy atom. The quantitative estimate of drug-likeness (QED) is 0.775. The molecule has 1 heteroatoms. The maximum Gasteiger partial charge on any atom is 0.0342 e. The SMILES string of the molecule is Cc1ccc(NC2CCC(C)(C)CC2)cc1. The molecule has 2 rings (SSSR count). The fraction of sp³-hybridized carbons (Fsp3) is 0.600. The number of hydrogen-bond acceptors (Lipinski definition) is 1. The zero-order valence-corrected chi connectivity index (χ0v) is 10.7. The van der Waals surface area contributed by atoms with Crippen molar-refractivity contribution < 1.29 is 0 Å². The van der Waals surface area contributed by atoms with Crippen LogP contribution < -0.4 is 5.32 Å². The van der Waals surface area contributed by atoms with Gasteiger partial charge in [0.1, 0.15) is 0 Å². The van der Waals surface area contributed by atoms with E-state index in [4.69, 9.17) is 0 Å². The van der Waals surface area contributed by atoms with Crippen LogP contribution in [0.3, 0.4) is 0 Å². The Morgan fingerprint density at radius 1 is 1.06 bits per heavy atom. The van der Waals surface area contributed by atoms with Gasteiger partial charge in [-0.2, -0.15) is 0 Å². The van der Waals surface area contributed by atoms with Crippen LogP contribution in [0.5, 0.6) is 0 Å². The molecule has 0 aromatic heterocycles. The van der Waals surface area contributed by atoms with Crippen molar-refractivity contribution in [3.63, 3.8) is 0 Å². The lowest BCUT2D eigenvalue weighted by atomic mass is 9.75. The summed E-state index contributed by atoms with van der Waals surface area (Å²) in [5.41, 5.74) is 3.16. The molecule has 0 unspecified atom stereocenters. The Bertz CT molecular complexity index is 327. The molecule has 1 aliphatic carbocycles. The van der Waals surface area contributed by atoms with Crippen LogP contribution in [0.15, 0.2) is 24.3 Å². The molecular weight excluding hydrogens is 194 g/mol. The lowest BCUT2D eigenvalue weighted by Crippen LogP contribution is -2.29. The van der Waals surface area contributed by atoms with Gasteiger partial charge in [0, 0.05) is 11.7 Å². The first-order chi connectivity index (χ1) is 7.55. The topological polar surface area (TPSA) is 12.0 Å². The van der Waals surface area contributed by atoms with Crippen molar-refractivity contribution in [2.45, 2.75) is 52.5 Å². The van der Waals surface area contributed by atoms with Crippen molar-refractivity contribution in [2.24, 2.45) is 5.41 Å². The highest BCUT2D eigenvalue weighted by molar-refractivity contribution is 5.45. The van der Waals surface area contributed by atoms with E-state index in [0.717, 1.165) is 0 Å². The van der Waals surface area contributed by atoms with Gasteiger partial charge in [0.25, 0.3) is 0 Å². The number of aryl methyl sites for hydroxylation is 1. The number of benzene rings is 1. The Labute approximate surface area is 99.3 Å². The molecule has 1 fully saturated rings. The lowest BCUT2D eigenvalue weighted by Gasteiger charge is -2.35.